The van der Waals surface area contributed by atoms with E-state index in [0.717, 1.165) is 39.3 Å². The molecule has 1 saturated heterocycles. The van der Waals surface area contributed by atoms with E-state index in [2.05, 4.69) is 4.90 Å². The number of ether oxygens (including phenoxy) is 1. The molecule has 0 amide bonds. The zero-order valence-corrected chi connectivity index (χ0v) is 14.1. The maximum absolute atomic E-state index is 12.5. The third-order valence-corrected chi connectivity index (χ3v) is 4.02. The highest BCUT2D eigenvalue weighted by Crippen LogP contribution is 2.05. The summed E-state index contributed by atoms with van der Waals surface area (Å²) in [6.45, 7) is 12.5. The lowest BCUT2D eigenvalue weighted by molar-refractivity contribution is 0.0368. The van der Waals surface area contributed by atoms with Gasteiger partial charge in [-0.05, 0) is 34.1 Å². The SMILES string of the molecule is CC(C)n1c(=O)n(CCCN2CCOCC2)c(=O)n1C(C)C. The van der Waals surface area contributed by atoms with Crippen LogP contribution in [0.5, 0.6) is 0 Å². The molecule has 0 unspecified atom stereocenters. The summed E-state index contributed by atoms with van der Waals surface area (Å²) in [6, 6.07) is -0.0498. The van der Waals surface area contributed by atoms with Gasteiger partial charge in [0.25, 0.3) is 0 Å². The molecule has 0 aromatic carbocycles. The smallest absolute Gasteiger partial charge is 0.347 e. The van der Waals surface area contributed by atoms with Crippen molar-refractivity contribution in [3.63, 3.8) is 0 Å². The van der Waals surface area contributed by atoms with Crippen LogP contribution in [0, 0.1) is 0 Å². The van der Waals surface area contributed by atoms with Crippen LogP contribution in [-0.2, 0) is 11.3 Å². The average Bonchev–Trinajstić information content (AvgIpc) is 2.72. The Hall–Kier alpha value is -1.34. The van der Waals surface area contributed by atoms with E-state index in [1.165, 1.54) is 4.57 Å². The molecule has 126 valence electrons. The molecule has 1 aliphatic rings. The fraction of sp³-hybridized carbons (Fsp3) is 0.867. The number of aromatic nitrogens is 3. The Labute approximate surface area is 131 Å². The number of morpholine rings is 1. The molecule has 1 aliphatic heterocycles. The quantitative estimate of drug-likeness (QED) is 0.775. The summed E-state index contributed by atoms with van der Waals surface area (Å²) in [5.74, 6) is 0. The van der Waals surface area contributed by atoms with Gasteiger partial charge in [-0.2, -0.15) is 0 Å². The summed E-state index contributed by atoms with van der Waals surface area (Å²) in [6.07, 6.45) is 0.801. The number of hydrogen-bond donors (Lipinski definition) is 0. The Bertz CT molecular complexity index is 551. The highest BCUT2D eigenvalue weighted by atomic mass is 16.5. The van der Waals surface area contributed by atoms with Gasteiger partial charge in [0.1, 0.15) is 0 Å². The van der Waals surface area contributed by atoms with Gasteiger partial charge < -0.3 is 4.74 Å². The number of rotatable bonds is 6. The second kappa shape index (κ2) is 7.28. The van der Waals surface area contributed by atoms with E-state index in [4.69, 9.17) is 4.74 Å². The molecule has 0 bridgehead atoms. The summed E-state index contributed by atoms with van der Waals surface area (Å²) >= 11 is 0. The predicted octanol–water partition coefficient (Wildman–Crippen LogP) is 0.696. The first-order chi connectivity index (χ1) is 10.4. The Balaban J connectivity index is 2.12. The van der Waals surface area contributed by atoms with Crippen molar-refractivity contribution in [1.29, 1.82) is 0 Å². The Morgan fingerprint density at radius 3 is 1.86 bits per heavy atom. The van der Waals surface area contributed by atoms with E-state index in [0.29, 0.717) is 6.54 Å². The van der Waals surface area contributed by atoms with E-state index in [-0.39, 0.29) is 23.5 Å². The summed E-state index contributed by atoms with van der Waals surface area (Å²) in [4.78, 5) is 27.3. The van der Waals surface area contributed by atoms with Gasteiger partial charge >= 0.3 is 11.4 Å². The molecule has 1 fully saturated rings. The van der Waals surface area contributed by atoms with Crippen molar-refractivity contribution in [2.45, 2.75) is 52.7 Å². The minimum absolute atomic E-state index is 0.0249. The van der Waals surface area contributed by atoms with Gasteiger partial charge in [0.2, 0.25) is 0 Å². The van der Waals surface area contributed by atoms with Crippen LogP contribution in [0.15, 0.2) is 9.59 Å². The zero-order chi connectivity index (χ0) is 16.3. The number of hydrogen-bond acceptors (Lipinski definition) is 4. The lowest BCUT2D eigenvalue weighted by Gasteiger charge is -2.26. The van der Waals surface area contributed by atoms with Gasteiger partial charge in [0, 0.05) is 38.3 Å². The second-order valence-electron chi connectivity index (χ2n) is 6.40. The third-order valence-electron chi connectivity index (χ3n) is 4.02. The molecule has 1 aromatic rings. The molecule has 2 rings (SSSR count). The minimum atomic E-state index is -0.198. The maximum Gasteiger partial charge on any atom is 0.347 e. The van der Waals surface area contributed by atoms with Gasteiger partial charge in [-0.1, -0.05) is 0 Å². The Morgan fingerprint density at radius 2 is 1.41 bits per heavy atom. The van der Waals surface area contributed by atoms with E-state index in [9.17, 15) is 9.59 Å². The second-order valence-corrected chi connectivity index (χ2v) is 6.40. The van der Waals surface area contributed by atoms with Gasteiger partial charge in [0.15, 0.2) is 0 Å². The molecular formula is C15H28N4O3. The van der Waals surface area contributed by atoms with Crippen molar-refractivity contribution in [3.05, 3.63) is 21.0 Å². The first kappa shape index (κ1) is 17.0. The maximum atomic E-state index is 12.5. The van der Waals surface area contributed by atoms with E-state index in [1.807, 2.05) is 27.7 Å². The van der Waals surface area contributed by atoms with E-state index in [1.54, 1.807) is 9.36 Å². The molecule has 0 radical (unpaired) electrons. The summed E-state index contributed by atoms with van der Waals surface area (Å²) in [5.41, 5.74) is -0.397. The monoisotopic (exact) mass is 312 g/mol. The van der Waals surface area contributed by atoms with Crippen molar-refractivity contribution in [3.8, 4) is 0 Å². The molecule has 7 heteroatoms. The van der Waals surface area contributed by atoms with Crippen molar-refractivity contribution in [2.24, 2.45) is 0 Å². The zero-order valence-electron chi connectivity index (χ0n) is 14.1. The van der Waals surface area contributed by atoms with Gasteiger partial charge in [-0.15, -0.1) is 0 Å². The van der Waals surface area contributed by atoms with Crippen LogP contribution >= 0.6 is 0 Å². The standard InChI is InChI=1S/C15H28N4O3/c1-12(2)18-14(20)17(15(21)19(18)13(3)4)7-5-6-16-8-10-22-11-9-16/h12-13H,5-11H2,1-4H3. The molecule has 0 N–H and O–H groups in total. The van der Waals surface area contributed by atoms with Crippen LogP contribution in [0.4, 0.5) is 0 Å². The Morgan fingerprint density at radius 1 is 0.909 bits per heavy atom. The predicted molar refractivity (Wildman–Crippen MR) is 85.6 cm³/mol. The topological polar surface area (TPSA) is 61.4 Å². The first-order valence-electron chi connectivity index (χ1n) is 8.17. The molecule has 0 saturated carbocycles. The van der Waals surface area contributed by atoms with Crippen molar-refractivity contribution in [2.75, 3.05) is 32.8 Å². The minimum Gasteiger partial charge on any atom is -0.379 e. The van der Waals surface area contributed by atoms with E-state index < -0.39 is 0 Å². The molecule has 7 nitrogen and oxygen atoms in total. The van der Waals surface area contributed by atoms with Gasteiger partial charge in [0.05, 0.1) is 13.2 Å². The van der Waals surface area contributed by atoms with Crippen LogP contribution in [0.25, 0.3) is 0 Å². The van der Waals surface area contributed by atoms with Crippen molar-refractivity contribution in [1.82, 2.24) is 18.8 Å². The first-order valence-corrected chi connectivity index (χ1v) is 8.17. The molecule has 1 aromatic heterocycles. The highest BCUT2D eigenvalue weighted by molar-refractivity contribution is 4.79. The largest absolute Gasteiger partial charge is 0.379 e. The molecule has 0 aliphatic carbocycles. The summed E-state index contributed by atoms with van der Waals surface area (Å²) in [5, 5.41) is 0. The lowest BCUT2D eigenvalue weighted by atomic mass is 10.3. The van der Waals surface area contributed by atoms with Crippen LogP contribution in [0.1, 0.15) is 46.2 Å². The van der Waals surface area contributed by atoms with Crippen LogP contribution in [-0.4, -0.2) is 51.7 Å². The Kier molecular flexibility index (Phi) is 5.63. The molecule has 0 atom stereocenters. The van der Waals surface area contributed by atoms with Crippen LogP contribution in [0.2, 0.25) is 0 Å². The van der Waals surface area contributed by atoms with Crippen LogP contribution in [0.3, 0.4) is 0 Å². The fourth-order valence-corrected chi connectivity index (χ4v) is 2.92. The van der Waals surface area contributed by atoms with Crippen molar-refractivity contribution < 1.29 is 4.74 Å². The van der Waals surface area contributed by atoms with Gasteiger partial charge in [-0.3, -0.25) is 4.90 Å². The average molecular weight is 312 g/mol. The summed E-state index contributed by atoms with van der Waals surface area (Å²) < 4.78 is 9.84. The highest BCUT2D eigenvalue weighted by Gasteiger charge is 2.19. The third kappa shape index (κ3) is 3.52. The molecular weight excluding hydrogens is 284 g/mol. The number of nitrogens with zero attached hydrogens (tertiary/aromatic N) is 4. The van der Waals surface area contributed by atoms with E-state index >= 15 is 0 Å². The fourth-order valence-electron chi connectivity index (χ4n) is 2.92. The van der Waals surface area contributed by atoms with Crippen molar-refractivity contribution >= 4 is 0 Å². The van der Waals surface area contributed by atoms with Crippen LogP contribution < -0.4 is 11.4 Å². The van der Waals surface area contributed by atoms with Gasteiger partial charge in [-0.25, -0.2) is 23.5 Å². The summed E-state index contributed by atoms with van der Waals surface area (Å²) in [7, 11) is 0. The molecule has 2 heterocycles. The molecule has 0 spiro atoms. The normalized spacial score (nSPS) is 16.8. The lowest BCUT2D eigenvalue weighted by Crippen LogP contribution is -2.38. The molecule has 22 heavy (non-hydrogen) atoms.